The number of rotatable bonds is 8. The Morgan fingerprint density at radius 1 is 1.06 bits per heavy atom. The first-order chi connectivity index (χ1) is 15.1. The third-order valence-corrected chi connectivity index (χ3v) is 7.53. The fraction of sp³-hybridized carbons (Fsp3) is 0.208. The molecule has 0 aliphatic heterocycles. The van der Waals surface area contributed by atoms with Crippen molar-refractivity contribution < 1.29 is 13.2 Å². The number of amides is 1. The van der Waals surface area contributed by atoms with Gasteiger partial charge in [-0.3, -0.25) is 4.79 Å². The first-order valence-electron chi connectivity index (χ1n) is 10.0. The normalized spacial score (nSPS) is 12.5. The summed E-state index contributed by atoms with van der Waals surface area (Å²) in [5, 5.41) is 3.45. The van der Waals surface area contributed by atoms with Crippen LogP contribution in [0.15, 0.2) is 82.2 Å². The van der Waals surface area contributed by atoms with E-state index in [-0.39, 0.29) is 29.9 Å². The lowest BCUT2D eigenvalue weighted by atomic mass is 10.1. The van der Waals surface area contributed by atoms with Crippen molar-refractivity contribution in [2.45, 2.75) is 31.3 Å². The number of carbonyl (C=O) groups is 1. The Kier molecular flexibility index (Phi) is 8.11. The summed E-state index contributed by atoms with van der Waals surface area (Å²) >= 11 is 9.39. The maximum atomic E-state index is 13.4. The van der Waals surface area contributed by atoms with Crippen LogP contribution in [0.5, 0.6) is 0 Å². The predicted octanol–water partition coefficient (Wildman–Crippen LogP) is 5.48. The minimum Gasteiger partial charge on any atom is -0.348 e. The Labute approximate surface area is 202 Å². The van der Waals surface area contributed by atoms with Gasteiger partial charge in [0.2, 0.25) is 15.9 Å². The summed E-state index contributed by atoms with van der Waals surface area (Å²) in [7, 11) is -3.90. The predicted molar refractivity (Wildman–Crippen MR) is 131 cm³/mol. The molecule has 0 bridgehead atoms. The van der Waals surface area contributed by atoms with Crippen LogP contribution in [0.1, 0.15) is 29.7 Å². The maximum Gasteiger partial charge on any atom is 0.243 e. The molecule has 0 aliphatic carbocycles. The van der Waals surface area contributed by atoms with Crippen LogP contribution in [0, 0.1) is 6.92 Å². The van der Waals surface area contributed by atoms with Crippen LogP contribution in [0.25, 0.3) is 0 Å². The third-order valence-electron chi connectivity index (χ3n) is 4.98. The van der Waals surface area contributed by atoms with E-state index in [4.69, 9.17) is 11.6 Å². The topological polar surface area (TPSA) is 66.5 Å². The Bertz CT molecular complexity index is 1180. The summed E-state index contributed by atoms with van der Waals surface area (Å²) in [5.41, 5.74) is 2.60. The largest absolute Gasteiger partial charge is 0.348 e. The molecular weight excluding hydrogens is 512 g/mol. The monoisotopic (exact) mass is 534 g/mol. The van der Waals surface area contributed by atoms with Gasteiger partial charge in [-0.25, -0.2) is 8.42 Å². The van der Waals surface area contributed by atoms with Gasteiger partial charge >= 0.3 is 0 Å². The van der Waals surface area contributed by atoms with Gasteiger partial charge in [-0.15, -0.1) is 0 Å². The second kappa shape index (κ2) is 10.6. The Morgan fingerprint density at radius 3 is 2.34 bits per heavy atom. The molecule has 0 radical (unpaired) electrons. The van der Waals surface area contributed by atoms with Crippen molar-refractivity contribution in [2.75, 3.05) is 6.54 Å². The molecule has 0 unspecified atom stereocenters. The smallest absolute Gasteiger partial charge is 0.243 e. The van der Waals surface area contributed by atoms with E-state index in [1.807, 2.05) is 38.1 Å². The molecule has 0 spiro atoms. The molecule has 3 aromatic carbocycles. The summed E-state index contributed by atoms with van der Waals surface area (Å²) in [4.78, 5) is 13.0. The van der Waals surface area contributed by atoms with E-state index in [0.717, 1.165) is 21.2 Å². The lowest BCUT2D eigenvalue weighted by Crippen LogP contribution is -2.41. The van der Waals surface area contributed by atoms with Crippen molar-refractivity contribution in [2.24, 2.45) is 0 Å². The Balaban J connectivity index is 1.83. The van der Waals surface area contributed by atoms with Crippen molar-refractivity contribution in [3.63, 3.8) is 0 Å². The fourth-order valence-corrected chi connectivity index (χ4v) is 5.11. The molecule has 0 aliphatic rings. The lowest BCUT2D eigenvalue weighted by molar-refractivity contribution is -0.122. The molecule has 5 nitrogen and oxygen atoms in total. The molecule has 0 fully saturated rings. The number of nitrogens with one attached hydrogen (secondary N) is 1. The quantitative estimate of drug-likeness (QED) is 0.415. The zero-order valence-corrected chi connectivity index (χ0v) is 20.9. The van der Waals surface area contributed by atoms with Crippen LogP contribution in [-0.4, -0.2) is 25.2 Å². The van der Waals surface area contributed by atoms with Crippen LogP contribution in [0.3, 0.4) is 0 Å². The number of sulfonamides is 1. The van der Waals surface area contributed by atoms with Crippen LogP contribution in [-0.2, 0) is 21.4 Å². The van der Waals surface area contributed by atoms with Crippen molar-refractivity contribution in [1.29, 1.82) is 0 Å². The van der Waals surface area contributed by atoms with Crippen LogP contribution >= 0.6 is 27.5 Å². The van der Waals surface area contributed by atoms with E-state index in [1.165, 1.54) is 4.31 Å². The Morgan fingerprint density at radius 2 is 1.72 bits per heavy atom. The molecule has 1 N–H and O–H groups in total. The van der Waals surface area contributed by atoms with Crippen LogP contribution in [0.4, 0.5) is 0 Å². The zero-order valence-electron chi connectivity index (χ0n) is 17.8. The lowest BCUT2D eigenvalue weighted by Gasteiger charge is -2.23. The highest BCUT2D eigenvalue weighted by Crippen LogP contribution is 2.21. The van der Waals surface area contributed by atoms with Gasteiger partial charge in [0.1, 0.15) is 0 Å². The van der Waals surface area contributed by atoms with Crippen molar-refractivity contribution in [3.05, 3.63) is 99.0 Å². The second-order valence-electron chi connectivity index (χ2n) is 7.56. The minimum atomic E-state index is -3.90. The number of aryl methyl sites for hydroxylation is 1. The van der Waals surface area contributed by atoms with E-state index in [2.05, 4.69) is 21.2 Å². The van der Waals surface area contributed by atoms with E-state index in [1.54, 1.807) is 48.5 Å². The number of hydrogen-bond donors (Lipinski definition) is 1. The summed E-state index contributed by atoms with van der Waals surface area (Å²) in [6, 6.07) is 20.8. The highest BCUT2D eigenvalue weighted by molar-refractivity contribution is 9.10. The molecule has 32 heavy (non-hydrogen) atoms. The number of halogens is 2. The summed E-state index contributed by atoms with van der Waals surface area (Å²) in [5.74, 6) is -0.387. The van der Waals surface area contributed by atoms with E-state index >= 15 is 0 Å². The minimum absolute atomic E-state index is 0.0477. The molecule has 0 saturated carbocycles. The van der Waals surface area contributed by atoms with Crippen LogP contribution in [0.2, 0.25) is 5.02 Å². The van der Waals surface area contributed by atoms with Gasteiger partial charge in [-0.2, -0.15) is 4.31 Å². The third kappa shape index (κ3) is 6.42. The van der Waals surface area contributed by atoms with Gasteiger partial charge in [-0.1, -0.05) is 69.5 Å². The highest BCUT2D eigenvalue weighted by atomic mass is 79.9. The molecule has 0 saturated heterocycles. The maximum absolute atomic E-state index is 13.4. The zero-order chi connectivity index (χ0) is 23.3. The first-order valence-corrected chi connectivity index (χ1v) is 12.6. The molecule has 1 atom stereocenters. The van der Waals surface area contributed by atoms with Crippen molar-refractivity contribution in [3.8, 4) is 0 Å². The number of carbonyl (C=O) groups excluding carboxylic acids is 1. The van der Waals surface area contributed by atoms with Gasteiger partial charge in [0.25, 0.3) is 0 Å². The summed E-state index contributed by atoms with van der Waals surface area (Å²) in [6.45, 7) is 3.49. The average molecular weight is 536 g/mol. The molecule has 0 aromatic heterocycles. The fourth-order valence-electron chi connectivity index (χ4n) is 3.19. The van der Waals surface area contributed by atoms with E-state index in [9.17, 15) is 13.2 Å². The van der Waals surface area contributed by atoms with Crippen molar-refractivity contribution >= 4 is 43.5 Å². The highest BCUT2D eigenvalue weighted by Gasteiger charge is 2.27. The first kappa shape index (κ1) is 24.5. The van der Waals surface area contributed by atoms with Gasteiger partial charge in [0, 0.05) is 16.0 Å². The summed E-state index contributed by atoms with van der Waals surface area (Å²) in [6.07, 6.45) is 0. The standard InChI is InChI=1S/C24H24BrClN2O3S/c1-17-6-12-23(13-7-17)32(30,31)28(15-19-8-10-22(26)11-9-19)16-24(29)27-18(2)20-4-3-5-21(25)14-20/h3-14,18H,15-16H2,1-2H3,(H,27,29)/t18-/m0/s1. The summed E-state index contributed by atoms with van der Waals surface area (Å²) < 4.78 is 28.8. The van der Waals surface area contributed by atoms with Gasteiger partial charge in [0.15, 0.2) is 0 Å². The van der Waals surface area contributed by atoms with Gasteiger partial charge < -0.3 is 5.32 Å². The number of hydrogen-bond acceptors (Lipinski definition) is 3. The van der Waals surface area contributed by atoms with Gasteiger partial charge in [0.05, 0.1) is 17.5 Å². The molecule has 8 heteroatoms. The Hall–Kier alpha value is -2.19. The average Bonchev–Trinajstić information content (AvgIpc) is 2.75. The molecule has 168 valence electrons. The molecule has 0 heterocycles. The van der Waals surface area contributed by atoms with Crippen molar-refractivity contribution in [1.82, 2.24) is 9.62 Å². The van der Waals surface area contributed by atoms with Gasteiger partial charge in [-0.05, 0) is 61.4 Å². The second-order valence-corrected chi connectivity index (χ2v) is 10.8. The van der Waals surface area contributed by atoms with E-state index in [0.29, 0.717) is 5.02 Å². The SMILES string of the molecule is Cc1ccc(S(=O)(=O)N(CC(=O)N[C@@H](C)c2cccc(Br)c2)Cc2ccc(Cl)cc2)cc1. The van der Waals surface area contributed by atoms with E-state index < -0.39 is 10.0 Å². The number of nitrogens with zero attached hydrogens (tertiary/aromatic N) is 1. The molecule has 1 amide bonds. The molecular formula is C24H24BrClN2O3S. The number of benzene rings is 3. The van der Waals surface area contributed by atoms with Crippen LogP contribution < -0.4 is 5.32 Å². The molecule has 3 aromatic rings. The molecule has 3 rings (SSSR count).